The summed E-state index contributed by atoms with van der Waals surface area (Å²) < 4.78 is 0. The van der Waals surface area contributed by atoms with Gasteiger partial charge in [-0.15, -0.1) is 0 Å². The van der Waals surface area contributed by atoms with Crippen molar-refractivity contribution in [2.75, 3.05) is 4.90 Å². The first-order chi connectivity index (χ1) is 11.2. The van der Waals surface area contributed by atoms with Gasteiger partial charge < -0.3 is 0 Å². The van der Waals surface area contributed by atoms with Crippen LogP contribution in [-0.2, 0) is 9.59 Å². The lowest BCUT2D eigenvalue weighted by Gasteiger charge is -2.17. The third kappa shape index (κ3) is 2.70. The third-order valence-electron chi connectivity index (χ3n) is 4.44. The van der Waals surface area contributed by atoms with E-state index < -0.39 is 0 Å². The summed E-state index contributed by atoms with van der Waals surface area (Å²) in [5.74, 6) is -0.203. The maximum Gasteiger partial charge on any atom is 0.258 e. The lowest BCUT2D eigenvalue weighted by molar-refractivity contribution is -0.119. The van der Waals surface area contributed by atoms with Gasteiger partial charge in [0.05, 0.1) is 5.69 Å². The Bertz CT molecular complexity index is 732. The van der Waals surface area contributed by atoms with Crippen LogP contribution in [0.5, 0.6) is 0 Å². The zero-order chi connectivity index (χ0) is 16.4. The number of rotatable bonds is 3. The molecule has 1 unspecified atom stereocenters. The molecule has 1 fully saturated rings. The van der Waals surface area contributed by atoms with E-state index in [4.69, 9.17) is 0 Å². The van der Waals surface area contributed by atoms with Gasteiger partial charge >= 0.3 is 0 Å². The van der Waals surface area contributed by atoms with Gasteiger partial charge in [-0.05, 0) is 48.6 Å². The highest BCUT2D eigenvalue weighted by molar-refractivity contribution is 6.28. The first-order valence-electron chi connectivity index (χ1n) is 7.80. The largest absolute Gasteiger partial charge is 0.269 e. The molecule has 0 spiro atoms. The molecular weight excluding hydrogens is 286 g/mol. The van der Waals surface area contributed by atoms with E-state index in [0.717, 1.165) is 12.8 Å². The van der Waals surface area contributed by atoms with E-state index in [1.54, 1.807) is 0 Å². The van der Waals surface area contributed by atoms with E-state index in [-0.39, 0.29) is 11.8 Å². The molecule has 0 aromatic heterocycles. The fourth-order valence-electron chi connectivity index (χ4n) is 3.39. The van der Waals surface area contributed by atoms with Crippen LogP contribution >= 0.6 is 0 Å². The quantitative estimate of drug-likeness (QED) is 0.790. The first-order valence-corrected chi connectivity index (χ1v) is 7.80. The lowest BCUT2D eigenvalue weighted by atomic mass is 9.92. The average molecular weight is 305 g/mol. The predicted octanol–water partition coefficient (Wildman–Crippen LogP) is 4.05. The van der Waals surface area contributed by atoms with Gasteiger partial charge in [0.25, 0.3) is 11.8 Å². The van der Waals surface area contributed by atoms with Crippen LogP contribution in [0.25, 0.3) is 0 Å². The second-order valence-electron chi connectivity index (χ2n) is 5.70. The summed E-state index contributed by atoms with van der Waals surface area (Å²) >= 11 is 0. The average Bonchev–Trinajstić information content (AvgIpc) is 3.11. The molecule has 0 bridgehead atoms. The van der Waals surface area contributed by atoms with Crippen LogP contribution in [-0.4, -0.2) is 11.8 Å². The number of imide groups is 1. The zero-order valence-corrected chi connectivity index (χ0v) is 13.2. The van der Waals surface area contributed by atoms with Gasteiger partial charge in [0.15, 0.2) is 0 Å². The number of amides is 2. The Hall–Kier alpha value is -2.68. The van der Waals surface area contributed by atoms with Crippen molar-refractivity contribution >= 4 is 17.5 Å². The fraction of sp³-hybridized carbons (Fsp3) is 0.200. The standard InChI is InChI=1S/C20H19NO2/c1-3-5-14-8-11-18(17(14)4-2)15-6-9-16(10-7-15)21-19(22)12-13-20(21)23/h3-7,9-10,12-13,18H,1,8,11H2,2H3/b14-5-,17-4+. The Labute approximate surface area is 136 Å². The van der Waals surface area contributed by atoms with Crippen molar-refractivity contribution in [3.63, 3.8) is 0 Å². The molecule has 116 valence electrons. The van der Waals surface area contributed by atoms with Crippen LogP contribution in [0.3, 0.4) is 0 Å². The van der Waals surface area contributed by atoms with Gasteiger partial charge in [-0.1, -0.05) is 36.9 Å². The number of carbonyl (C=O) groups is 2. The normalized spacial score (nSPS) is 24.2. The van der Waals surface area contributed by atoms with E-state index >= 15 is 0 Å². The number of nitrogens with zero attached hydrogens (tertiary/aromatic N) is 1. The van der Waals surface area contributed by atoms with Gasteiger partial charge in [0.2, 0.25) is 0 Å². The molecule has 1 atom stereocenters. The SMILES string of the molecule is C=C/C=C1/CCC(c2ccc(N3C(=O)C=CC3=O)cc2)/C1=C/C. The van der Waals surface area contributed by atoms with Crippen molar-refractivity contribution in [1.82, 2.24) is 0 Å². The molecule has 2 aliphatic rings. The Kier molecular flexibility index (Phi) is 4.11. The molecule has 0 saturated heterocycles. The van der Waals surface area contributed by atoms with E-state index in [1.807, 2.05) is 30.3 Å². The lowest BCUT2D eigenvalue weighted by Crippen LogP contribution is -2.29. The summed E-state index contributed by atoms with van der Waals surface area (Å²) in [6.45, 7) is 5.84. The highest BCUT2D eigenvalue weighted by Crippen LogP contribution is 2.43. The zero-order valence-electron chi connectivity index (χ0n) is 13.2. The van der Waals surface area contributed by atoms with Gasteiger partial charge in [0.1, 0.15) is 0 Å². The Morgan fingerprint density at radius 1 is 1.13 bits per heavy atom. The molecule has 23 heavy (non-hydrogen) atoms. The minimum atomic E-state index is -0.283. The van der Waals surface area contributed by atoms with Crippen LogP contribution in [0.15, 0.2) is 72.4 Å². The molecular formula is C20H19NO2. The van der Waals surface area contributed by atoms with Crippen LogP contribution in [0.2, 0.25) is 0 Å². The minimum Gasteiger partial charge on any atom is -0.269 e. The molecule has 1 heterocycles. The molecule has 1 saturated carbocycles. The van der Waals surface area contributed by atoms with Crippen molar-refractivity contribution in [3.05, 3.63) is 77.9 Å². The van der Waals surface area contributed by atoms with Crippen molar-refractivity contribution in [2.45, 2.75) is 25.7 Å². The number of hydrogen-bond donors (Lipinski definition) is 0. The second-order valence-corrected chi connectivity index (χ2v) is 5.70. The van der Waals surface area contributed by atoms with E-state index in [1.165, 1.54) is 33.8 Å². The minimum absolute atomic E-state index is 0.283. The Morgan fingerprint density at radius 2 is 1.78 bits per heavy atom. The monoisotopic (exact) mass is 305 g/mol. The summed E-state index contributed by atoms with van der Waals surface area (Å²) in [4.78, 5) is 24.7. The van der Waals surface area contributed by atoms with E-state index in [9.17, 15) is 9.59 Å². The topological polar surface area (TPSA) is 37.4 Å². The highest BCUT2D eigenvalue weighted by atomic mass is 16.2. The van der Waals surface area contributed by atoms with Crippen LogP contribution in [0.1, 0.15) is 31.2 Å². The van der Waals surface area contributed by atoms with Gasteiger partial charge in [0, 0.05) is 18.1 Å². The number of benzene rings is 1. The van der Waals surface area contributed by atoms with Gasteiger partial charge in [-0.25, -0.2) is 4.90 Å². The maximum absolute atomic E-state index is 11.7. The van der Waals surface area contributed by atoms with Crippen molar-refractivity contribution in [2.24, 2.45) is 0 Å². The molecule has 1 aromatic rings. The number of anilines is 1. The second kappa shape index (κ2) is 6.21. The summed E-state index contributed by atoms with van der Waals surface area (Å²) in [5, 5.41) is 0. The van der Waals surface area contributed by atoms with Gasteiger partial charge in [-0.2, -0.15) is 0 Å². The molecule has 1 aromatic carbocycles. The molecule has 3 nitrogen and oxygen atoms in total. The molecule has 0 N–H and O–H groups in total. The summed E-state index contributed by atoms with van der Waals surface area (Å²) in [5.41, 5.74) is 4.51. The summed E-state index contributed by atoms with van der Waals surface area (Å²) in [7, 11) is 0. The molecule has 3 heteroatoms. The summed E-state index contributed by atoms with van der Waals surface area (Å²) in [6, 6.07) is 7.72. The molecule has 2 amide bonds. The van der Waals surface area contributed by atoms with Crippen molar-refractivity contribution in [3.8, 4) is 0 Å². The predicted molar refractivity (Wildman–Crippen MR) is 92.1 cm³/mol. The number of carbonyl (C=O) groups excluding carboxylic acids is 2. The smallest absolute Gasteiger partial charge is 0.258 e. The fourth-order valence-corrected chi connectivity index (χ4v) is 3.39. The van der Waals surface area contributed by atoms with Crippen LogP contribution in [0, 0.1) is 0 Å². The molecule has 1 aliphatic heterocycles. The van der Waals surface area contributed by atoms with Crippen LogP contribution < -0.4 is 4.90 Å². The summed E-state index contributed by atoms with van der Waals surface area (Å²) in [6.07, 6.45) is 10.8. The van der Waals surface area contributed by atoms with Crippen molar-refractivity contribution in [1.29, 1.82) is 0 Å². The Morgan fingerprint density at radius 3 is 2.35 bits per heavy atom. The van der Waals surface area contributed by atoms with E-state index in [2.05, 4.69) is 25.7 Å². The number of allylic oxidation sites excluding steroid dienone is 5. The van der Waals surface area contributed by atoms with Gasteiger partial charge in [-0.3, -0.25) is 9.59 Å². The van der Waals surface area contributed by atoms with Crippen LogP contribution in [0.4, 0.5) is 5.69 Å². The molecule has 1 aliphatic carbocycles. The highest BCUT2D eigenvalue weighted by Gasteiger charge is 2.27. The van der Waals surface area contributed by atoms with Crippen molar-refractivity contribution < 1.29 is 9.59 Å². The molecule has 3 rings (SSSR count). The first kappa shape index (κ1) is 15.2. The number of hydrogen-bond acceptors (Lipinski definition) is 2. The molecule has 0 radical (unpaired) electrons. The van der Waals surface area contributed by atoms with E-state index in [0.29, 0.717) is 11.6 Å². The maximum atomic E-state index is 11.7. The Balaban J connectivity index is 1.86. The third-order valence-corrected chi connectivity index (χ3v) is 4.44.